The molecule has 1 fully saturated rings. The number of sulfonamides is 1. The molecule has 6 heteroatoms. The van der Waals surface area contributed by atoms with Crippen LogP contribution in [-0.2, 0) is 10.0 Å². The Morgan fingerprint density at radius 3 is 2.70 bits per heavy atom. The van der Waals surface area contributed by atoms with Gasteiger partial charge < -0.3 is 10.1 Å². The number of hydrogen-bond donors (Lipinski definition) is 1. The van der Waals surface area contributed by atoms with Crippen molar-refractivity contribution in [2.45, 2.75) is 17.7 Å². The second kappa shape index (κ2) is 6.56. The summed E-state index contributed by atoms with van der Waals surface area (Å²) in [5.41, 5.74) is 0. The maximum Gasteiger partial charge on any atom is 0.242 e. The summed E-state index contributed by atoms with van der Waals surface area (Å²) in [7, 11) is -0.256. The van der Waals surface area contributed by atoms with Crippen molar-refractivity contribution in [3.05, 3.63) is 24.3 Å². The summed E-state index contributed by atoms with van der Waals surface area (Å²) in [5.74, 6) is 0.989. The lowest BCUT2D eigenvalue weighted by Crippen LogP contribution is -2.37. The second-order valence-corrected chi connectivity index (χ2v) is 7.20. The fourth-order valence-corrected chi connectivity index (χ4v) is 3.75. The Morgan fingerprint density at radius 1 is 1.35 bits per heavy atom. The van der Waals surface area contributed by atoms with Crippen LogP contribution in [0, 0.1) is 5.92 Å². The van der Waals surface area contributed by atoms with Crippen molar-refractivity contribution in [3.8, 4) is 5.75 Å². The summed E-state index contributed by atoms with van der Waals surface area (Å²) in [6.07, 6.45) is 2.05. The van der Waals surface area contributed by atoms with Crippen LogP contribution in [0.4, 0.5) is 0 Å². The van der Waals surface area contributed by atoms with E-state index < -0.39 is 10.0 Å². The fourth-order valence-electron chi connectivity index (χ4n) is 2.47. The number of benzene rings is 1. The van der Waals surface area contributed by atoms with Gasteiger partial charge in [0.05, 0.1) is 12.0 Å². The van der Waals surface area contributed by atoms with Crippen LogP contribution in [0.25, 0.3) is 0 Å². The molecule has 0 unspecified atom stereocenters. The van der Waals surface area contributed by atoms with Gasteiger partial charge in [0.2, 0.25) is 10.0 Å². The van der Waals surface area contributed by atoms with Crippen LogP contribution >= 0.6 is 0 Å². The van der Waals surface area contributed by atoms with Crippen molar-refractivity contribution >= 4 is 10.0 Å². The minimum absolute atomic E-state index is 0.285. The van der Waals surface area contributed by atoms with Gasteiger partial charge in [-0.05, 0) is 44.0 Å². The Kier molecular flexibility index (Phi) is 5.01. The molecule has 112 valence electrons. The van der Waals surface area contributed by atoms with Crippen LogP contribution in [-0.4, -0.2) is 46.5 Å². The highest BCUT2D eigenvalue weighted by atomic mass is 32.2. The molecule has 0 spiro atoms. The molecular weight excluding hydrogens is 276 g/mol. The standard InChI is InChI=1S/C14H22N2O3S/c1-16(11-12-6-8-15-9-7-12)20(17,18)14-5-3-4-13(10-14)19-2/h3-5,10,12,15H,6-9,11H2,1-2H3. The average molecular weight is 298 g/mol. The summed E-state index contributed by atoms with van der Waals surface area (Å²) in [4.78, 5) is 0.285. The molecule has 1 aromatic carbocycles. The zero-order valence-electron chi connectivity index (χ0n) is 12.0. The molecule has 1 aromatic rings. The highest BCUT2D eigenvalue weighted by Gasteiger charge is 2.24. The predicted octanol–water partition coefficient (Wildman–Crippen LogP) is 1.32. The third kappa shape index (κ3) is 3.50. The molecule has 1 saturated heterocycles. The minimum Gasteiger partial charge on any atom is -0.497 e. The Hall–Kier alpha value is -1.11. The van der Waals surface area contributed by atoms with E-state index in [9.17, 15) is 8.42 Å². The molecule has 1 aliphatic heterocycles. The van der Waals surface area contributed by atoms with E-state index in [0.717, 1.165) is 25.9 Å². The number of methoxy groups -OCH3 is 1. The lowest BCUT2D eigenvalue weighted by atomic mass is 9.98. The molecule has 0 saturated carbocycles. The summed E-state index contributed by atoms with van der Waals surface area (Å²) in [5, 5.41) is 3.29. The molecule has 0 radical (unpaired) electrons. The van der Waals surface area contributed by atoms with E-state index in [2.05, 4.69) is 5.32 Å². The van der Waals surface area contributed by atoms with Gasteiger partial charge in [-0.25, -0.2) is 12.7 Å². The van der Waals surface area contributed by atoms with Crippen LogP contribution < -0.4 is 10.1 Å². The molecule has 1 N–H and O–H groups in total. The van der Waals surface area contributed by atoms with Crippen LogP contribution in [0.15, 0.2) is 29.2 Å². The van der Waals surface area contributed by atoms with E-state index in [1.54, 1.807) is 31.3 Å². The highest BCUT2D eigenvalue weighted by Crippen LogP contribution is 2.22. The normalized spacial score (nSPS) is 17.4. The number of ether oxygens (including phenoxy) is 1. The van der Waals surface area contributed by atoms with Gasteiger partial charge in [0.15, 0.2) is 0 Å². The van der Waals surface area contributed by atoms with Gasteiger partial charge in [-0.2, -0.15) is 0 Å². The van der Waals surface area contributed by atoms with Crippen molar-refractivity contribution in [2.75, 3.05) is 33.8 Å². The van der Waals surface area contributed by atoms with Gasteiger partial charge in [-0.1, -0.05) is 6.07 Å². The SMILES string of the molecule is COc1cccc(S(=O)(=O)N(C)CC2CCNCC2)c1. The number of nitrogens with one attached hydrogen (secondary N) is 1. The van der Waals surface area contributed by atoms with Crippen molar-refractivity contribution < 1.29 is 13.2 Å². The van der Waals surface area contributed by atoms with Crippen molar-refractivity contribution in [2.24, 2.45) is 5.92 Å². The molecular formula is C14H22N2O3S. The molecule has 0 aliphatic carbocycles. The largest absolute Gasteiger partial charge is 0.497 e. The lowest BCUT2D eigenvalue weighted by molar-refractivity contribution is 0.311. The van der Waals surface area contributed by atoms with E-state index in [1.165, 1.54) is 11.4 Å². The van der Waals surface area contributed by atoms with Crippen molar-refractivity contribution in [1.82, 2.24) is 9.62 Å². The van der Waals surface area contributed by atoms with Crippen LogP contribution in [0.5, 0.6) is 5.75 Å². The monoisotopic (exact) mass is 298 g/mol. The van der Waals surface area contributed by atoms with Crippen LogP contribution in [0.1, 0.15) is 12.8 Å². The third-order valence-electron chi connectivity index (χ3n) is 3.72. The molecule has 0 atom stereocenters. The molecule has 2 rings (SSSR count). The first-order chi connectivity index (χ1) is 9.54. The zero-order valence-corrected chi connectivity index (χ0v) is 12.8. The lowest BCUT2D eigenvalue weighted by Gasteiger charge is -2.27. The average Bonchev–Trinajstić information content (AvgIpc) is 2.48. The van der Waals surface area contributed by atoms with Gasteiger partial charge >= 0.3 is 0 Å². The summed E-state index contributed by atoms with van der Waals surface area (Å²) in [6, 6.07) is 6.61. The first kappa shape index (κ1) is 15.3. The maximum absolute atomic E-state index is 12.5. The third-order valence-corrected chi connectivity index (χ3v) is 5.54. The topological polar surface area (TPSA) is 58.6 Å². The number of piperidine rings is 1. The van der Waals surface area contributed by atoms with E-state index in [0.29, 0.717) is 18.2 Å². The van der Waals surface area contributed by atoms with Crippen LogP contribution in [0.2, 0.25) is 0 Å². The number of nitrogens with zero attached hydrogens (tertiary/aromatic N) is 1. The summed E-state index contributed by atoms with van der Waals surface area (Å²) < 4.78 is 31.6. The van der Waals surface area contributed by atoms with Crippen molar-refractivity contribution in [1.29, 1.82) is 0 Å². The molecule has 0 aromatic heterocycles. The fraction of sp³-hybridized carbons (Fsp3) is 0.571. The summed E-state index contributed by atoms with van der Waals surface area (Å²) >= 11 is 0. The Morgan fingerprint density at radius 2 is 2.05 bits per heavy atom. The van der Waals surface area contributed by atoms with Crippen molar-refractivity contribution in [3.63, 3.8) is 0 Å². The quantitative estimate of drug-likeness (QED) is 0.890. The second-order valence-electron chi connectivity index (χ2n) is 5.16. The van der Waals surface area contributed by atoms with E-state index in [-0.39, 0.29) is 4.90 Å². The first-order valence-electron chi connectivity index (χ1n) is 6.85. The highest BCUT2D eigenvalue weighted by molar-refractivity contribution is 7.89. The number of rotatable bonds is 5. The zero-order chi connectivity index (χ0) is 14.6. The summed E-state index contributed by atoms with van der Waals surface area (Å²) in [6.45, 7) is 2.51. The van der Waals surface area contributed by atoms with E-state index in [4.69, 9.17) is 4.74 Å². The molecule has 0 amide bonds. The van der Waals surface area contributed by atoms with E-state index >= 15 is 0 Å². The first-order valence-corrected chi connectivity index (χ1v) is 8.29. The van der Waals surface area contributed by atoms with E-state index in [1.807, 2.05) is 0 Å². The van der Waals surface area contributed by atoms with Gasteiger partial charge in [0.25, 0.3) is 0 Å². The molecule has 20 heavy (non-hydrogen) atoms. The molecule has 1 aliphatic rings. The molecule has 5 nitrogen and oxygen atoms in total. The molecule has 1 heterocycles. The smallest absolute Gasteiger partial charge is 0.242 e. The Balaban J connectivity index is 2.11. The predicted molar refractivity (Wildman–Crippen MR) is 78.4 cm³/mol. The van der Waals surface area contributed by atoms with Crippen LogP contribution in [0.3, 0.4) is 0 Å². The maximum atomic E-state index is 12.5. The van der Waals surface area contributed by atoms with Gasteiger partial charge in [-0.3, -0.25) is 0 Å². The minimum atomic E-state index is -3.44. The molecule has 0 bridgehead atoms. The Bertz CT molecular complexity index is 539. The Labute approximate surface area is 121 Å². The van der Waals surface area contributed by atoms with Gasteiger partial charge in [0.1, 0.15) is 5.75 Å². The number of hydrogen-bond acceptors (Lipinski definition) is 4. The van der Waals surface area contributed by atoms with Gasteiger partial charge in [0, 0.05) is 19.7 Å². The van der Waals surface area contributed by atoms with Gasteiger partial charge in [-0.15, -0.1) is 0 Å².